The van der Waals surface area contributed by atoms with Crippen LogP contribution in [0.4, 0.5) is 4.39 Å². The van der Waals surface area contributed by atoms with E-state index in [4.69, 9.17) is 4.74 Å². The van der Waals surface area contributed by atoms with Gasteiger partial charge in [-0.3, -0.25) is 4.79 Å². The maximum absolute atomic E-state index is 15.3. The minimum absolute atomic E-state index is 0.0600. The third-order valence-electron chi connectivity index (χ3n) is 8.43. The van der Waals surface area contributed by atoms with Crippen LogP contribution in [0, 0.1) is 32.5 Å². The fourth-order valence-electron chi connectivity index (χ4n) is 6.40. The fraction of sp³-hybridized carbons (Fsp3) is 0.382. The van der Waals surface area contributed by atoms with E-state index in [0.717, 1.165) is 44.8 Å². The van der Waals surface area contributed by atoms with Crippen molar-refractivity contribution in [2.24, 2.45) is 5.92 Å². The number of rotatable bonds is 8. The zero-order valence-corrected chi connectivity index (χ0v) is 24.6. The second-order valence-electron chi connectivity index (χ2n) is 12.4. The molecule has 4 aromatic rings. The van der Waals surface area contributed by atoms with Crippen molar-refractivity contribution >= 4 is 5.97 Å². The van der Waals surface area contributed by atoms with E-state index >= 15 is 4.39 Å². The minimum atomic E-state index is -0.901. The van der Waals surface area contributed by atoms with Crippen LogP contribution in [0.2, 0.25) is 0 Å². The highest BCUT2D eigenvalue weighted by atomic mass is 19.1. The number of nitrogens with zero attached hydrogens (tertiary/aromatic N) is 3. The van der Waals surface area contributed by atoms with Crippen LogP contribution in [0.3, 0.4) is 0 Å². The van der Waals surface area contributed by atoms with Crippen LogP contribution in [0.5, 0.6) is 5.75 Å². The molecule has 218 valence electrons. The lowest BCUT2D eigenvalue weighted by Crippen LogP contribution is -2.27. The third-order valence-corrected chi connectivity index (χ3v) is 8.43. The molecule has 3 atom stereocenters. The van der Waals surface area contributed by atoms with Gasteiger partial charge in [0, 0.05) is 11.1 Å². The van der Waals surface area contributed by atoms with Gasteiger partial charge in [0.1, 0.15) is 23.5 Å². The van der Waals surface area contributed by atoms with Gasteiger partial charge in [0.25, 0.3) is 0 Å². The van der Waals surface area contributed by atoms with Crippen LogP contribution in [-0.2, 0) is 17.8 Å². The fourth-order valence-corrected chi connectivity index (χ4v) is 6.40. The zero-order valence-electron chi connectivity index (χ0n) is 24.6. The Labute approximate surface area is 245 Å². The Morgan fingerprint density at radius 1 is 1.10 bits per heavy atom. The molecule has 0 bridgehead atoms. The lowest BCUT2D eigenvalue weighted by atomic mass is 9.89. The molecule has 1 heterocycles. The molecule has 1 saturated carbocycles. The SMILES string of the molecule is Cc1cc(-c2nc(C)n(CC(C)(C)O)n2)cc(C)c1-c1ccc(F)c2c1CCC2Oc1ccc(C2C[C@@H]2C(=O)O)cc1. The van der Waals surface area contributed by atoms with E-state index in [1.807, 2.05) is 37.3 Å². The van der Waals surface area contributed by atoms with Gasteiger partial charge in [0.15, 0.2) is 5.82 Å². The number of aliphatic hydroxyl groups is 1. The first kappa shape index (κ1) is 28.1. The van der Waals surface area contributed by atoms with E-state index in [0.29, 0.717) is 42.9 Å². The number of hydrogen-bond donors (Lipinski definition) is 2. The number of ether oxygens (including phenoxy) is 1. The molecule has 0 radical (unpaired) electrons. The number of carboxylic acid groups (broad SMARTS) is 1. The number of hydrogen-bond acceptors (Lipinski definition) is 5. The summed E-state index contributed by atoms with van der Waals surface area (Å²) in [6, 6.07) is 15.1. The smallest absolute Gasteiger partial charge is 0.307 e. The molecular weight excluding hydrogens is 533 g/mol. The van der Waals surface area contributed by atoms with Crippen molar-refractivity contribution in [2.45, 2.75) is 78.0 Å². The van der Waals surface area contributed by atoms with Crippen LogP contribution < -0.4 is 4.74 Å². The molecule has 8 heteroatoms. The molecule has 1 aromatic heterocycles. The van der Waals surface area contributed by atoms with Crippen LogP contribution in [0.15, 0.2) is 48.5 Å². The van der Waals surface area contributed by atoms with E-state index in [1.165, 1.54) is 6.07 Å². The summed E-state index contributed by atoms with van der Waals surface area (Å²) in [5.74, 6) is 0.739. The van der Waals surface area contributed by atoms with E-state index in [9.17, 15) is 15.0 Å². The first-order valence-corrected chi connectivity index (χ1v) is 14.5. The molecule has 42 heavy (non-hydrogen) atoms. The number of benzene rings is 3. The molecule has 2 aliphatic rings. The third kappa shape index (κ3) is 5.31. The predicted octanol–water partition coefficient (Wildman–Crippen LogP) is 6.70. The van der Waals surface area contributed by atoms with Crippen LogP contribution in [-0.4, -0.2) is 36.5 Å². The maximum Gasteiger partial charge on any atom is 0.307 e. The van der Waals surface area contributed by atoms with Gasteiger partial charge in [-0.2, -0.15) is 5.10 Å². The first-order chi connectivity index (χ1) is 19.9. The van der Waals surface area contributed by atoms with Crippen molar-refractivity contribution in [1.29, 1.82) is 0 Å². The van der Waals surface area contributed by atoms with Crippen molar-refractivity contribution in [2.75, 3.05) is 0 Å². The molecule has 1 fully saturated rings. The van der Waals surface area contributed by atoms with E-state index in [1.54, 1.807) is 18.5 Å². The highest BCUT2D eigenvalue weighted by Crippen LogP contribution is 2.48. The summed E-state index contributed by atoms with van der Waals surface area (Å²) in [7, 11) is 0. The zero-order chi connectivity index (χ0) is 29.9. The molecule has 2 N–H and O–H groups in total. The van der Waals surface area contributed by atoms with E-state index in [-0.39, 0.29) is 17.7 Å². The monoisotopic (exact) mass is 569 g/mol. The predicted molar refractivity (Wildman–Crippen MR) is 158 cm³/mol. The number of carboxylic acids is 1. The van der Waals surface area contributed by atoms with Gasteiger partial charge in [0.05, 0.1) is 18.1 Å². The molecule has 0 spiro atoms. The number of aliphatic carboxylic acids is 1. The van der Waals surface area contributed by atoms with Gasteiger partial charge in [-0.15, -0.1) is 0 Å². The Morgan fingerprint density at radius 2 is 1.79 bits per heavy atom. The summed E-state index contributed by atoms with van der Waals surface area (Å²) < 4.78 is 23.3. The van der Waals surface area contributed by atoms with Gasteiger partial charge in [-0.05, 0) is 124 Å². The summed E-state index contributed by atoms with van der Waals surface area (Å²) >= 11 is 0. The number of fused-ring (bicyclic) bond motifs is 1. The van der Waals surface area contributed by atoms with Gasteiger partial charge in [-0.1, -0.05) is 18.2 Å². The minimum Gasteiger partial charge on any atom is -0.486 e. The Hall–Kier alpha value is -4.04. The van der Waals surface area contributed by atoms with Crippen molar-refractivity contribution in [1.82, 2.24) is 14.8 Å². The molecular formula is C34H36FN3O4. The molecule has 3 aromatic carbocycles. The Bertz CT molecular complexity index is 1660. The molecule has 6 rings (SSSR count). The second kappa shape index (κ2) is 10.3. The lowest BCUT2D eigenvalue weighted by Gasteiger charge is -2.19. The largest absolute Gasteiger partial charge is 0.486 e. The Morgan fingerprint density at radius 3 is 2.40 bits per heavy atom. The number of halogens is 1. The van der Waals surface area contributed by atoms with Crippen LogP contribution in [0.25, 0.3) is 22.5 Å². The molecule has 0 aliphatic heterocycles. The van der Waals surface area contributed by atoms with E-state index < -0.39 is 17.7 Å². The average Bonchev–Trinajstić information content (AvgIpc) is 3.50. The van der Waals surface area contributed by atoms with Gasteiger partial charge in [0.2, 0.25) is 0 Å². The van der Waals surface area contributed by atoms with Crippen LogP contribution in [0.1, 0.15) is 72.4 Å². The van der Waals surface area contributed by atoms with Crippen molar-refractivity contribution < 1.29 is 24.1 Å². The number of carbonyl (C=O) groups is 1. The normalized spacial score (nSPS) is 19.5. The van der Waals surface area contributed by atoms with E-state index in [2.05, 4.69) is 36.1 Å². The van der Waals surface area contributed by atoms with Crippen molar-refractivity contribution in [3.05, 3.63) is 88.0 Å². The maximum atomic E-state index is 15.3. The highest BCUT2D eigenvalue weighted by Gasteiger charge is 2.44. The molecule has 7 nitrogen and oxygen atoms in total. The van der Waals surface area contributed by atoms with Crippen molar-refractivity contribution in [3.8, 4) is 28.3 Å². The summed E-state index contributed by atoms with van der Waals surface area (Å²) in [5.41, 5.74) is 6.77. The van der Waals surface area contributed by atoms with Gasteiger partial charge >= 0.3 is 5.97 Å². The Balaban J connectivity index is 1.27. The topological polar surface area (TPSA) is 97.5 Å². The highest BCUT2D eigenvalue weighted by molar-refractivity contribution is 5.78. The van der Waals surface area contributed by atoms with Crippen LogP contribution >= 0.6 is 0 Å². The lowest BCUT2D eigenvalue weighted by molar-refractivity contribution is -0.138. The summed E-state index contributed by atoms with van der Waals surface area (Å²) in [4.78, 5) is 15.9. The Kier molecular flexibility index (Phi) is 6.92. The summed E-state index contributed by atoms with van der Waals surface area (Å²) in [6.07, 6.45) is 1.65. The molecule has 0 amide bonds. The number of aryl methyl sites for hydroxylation is 3. The number of aromatic nitrogens is 3. The average molecular weight is 570 g/mol. The van der Waals surface area contributed by atoms with Gasteiger partial charge in [-0.25, -0.2) is 14.1 Å². The van der Waals surface area contributed by atoms with Crippen molar-refractivity contribution in [3.63, 3.8) is 0 Å². The first-order valence-electron chi connectivity index (χ1n) is 14.5. The molecule has 0 saturated heterocycles. The quantitative estimate of drug-likeness (QED) is 0.245. The second-order valence-corrected chi connectivity index (χ2v) is 12.4. The standard InChI is InChI=1S/C34H36FN3O4/c1-18-14-22(32-36-20(3)38(37-32)17-34(4,5)41)15-19(2)30(18)24-10-12-28(35)31-25(24)11-13-29(31)42-23-8-6-21(7-9-23)26-16-27(26)33(39)40/h6-10,12,14-15,26-27,29,41H,11,13,16-17H2,1-5H3,(H,39,40)/t26?,27-,29?/m0/s1. The molecule has 2 aliphatic carbocycles. The van der Waals surface area contributed by atoms with Gasteiger partial charge < -0.3 is 14.9 Å². The summed E-state index contributed by atoms with van der Waals surface area (Å²) in [6.45, 7) is 9.84. The molecule has 2 unspecified atom stereocenters. The summed E-state index contributed by atoms with van der Waals surface area (Å²) in [5, 5.41) is 24.1.